The van der Waals surface area contributed by atoms with Crippen molar-refractivity contribution >= 4 is 5.69 Å². The first-order valence-electron chi connectivity index (χ1n) is 13.3. The third-order valence-electron chi connectivity index (χ3n) is 7.08. The fourth-order valence-corrected chi connectivity index (χ4v) is 5.05. The van der Waals surface area contributed by atoms with Crippen LogP contribution in [0.5, 0.6) is 17.2 Å². The number of phenolic OH excluding ortho intramolecular Hbond substituents is 1. The van der Waals surface area contributed by atoms with Crippen LogP contribution in [-0.4, -0.2) is 31.9 Å². The molecule has 0 atom stereocenters. The number of aromatic hydroxyl groups is 1. The van der Waals surface area contributed by atoms with Crippen molar-refractivity contribution < 1.29 is 19.0 Å². The molecule has 0 aromatic heterocycles. The van der Waals surface area contributed by atoms with Gasteiger partial charge in [-0.25, -0.2) is 4.39 Å². The second-order valence-electron chi connectivity index (χ2n) is 10.3. The third kappa shape index (κ3) is 6.37. The normalized spacial score (nSPS) is 13.0. The molecule has 37 heavy (non-hydrogen) atoms. The molecule has 1 aliphatic carbocycles. The van der Waals surface area contributed by atoms with Crippen LogP contribution < -0.4 is 20.5 Å². The van der Waals surface area contributed by atoms with Crippen molar-refractivity contribution in [2.45, 2.75) is 52.4 Å². The first kappa shape index (κ1) is 26.8. The molecule has 5 nitrogen and oxygen atoms in total. The standard InChI is InChI=1S/C31H39FN2O3/c1-20(2)14-15-34-16-17-37-24-11-8-21(9-12-24)18-23-19-26(30(33)29(32)31(23)36-3)28-25-7-5-4-6-22(25)10-13-27(28)35/h8-13,19-20,34-35H,4-7,14-18,33H2,1-3H3. The van der Waals surface area contributed by atoms with Gasteiger partial charge >= 0.3 is 0 Å². The Morgan fingerprint density at radius 3 is 2.54 bits per heavy atom. The highest BCUT2D eigenvalue weighted by Crippen LogP contribution is 2.44. The lowest BCUT2D eigenvalue weighted by atomic mass is 9.84. The molecule has 0 radical (unpaired) electrons. The molecule has 0 fully saturated rings. The van der Waals surface area contributed by atoms with Gasteiger partial charge in [-0.2, -0.15) is 0 Å². The van der Waals surface area contributed by atoms with E-state index in [0.717, 1.165) is 62.1 Å². The number of hydrogen-bond acceptors (Lipinski definition) is 5. The van der Waals surface area contributed by atoms with Gasteiger partial charge in [0.05, 0.1) is 12.8 Å². The lowest BCUT2D eigenvalue weighted by Crippen LogP contribution is -2.23. The van der Waals surface area contributed by atoms with E-state index in [1.807, 2.05) is 36.4 Å². The lowest BCUT2D eigenvalue weighted by Gasteiger charge is -2.23. The number of ether oxygens (including phenoxy) is 2. The lowest BCUT2D eigenvalue weighted by molar-refractivity contribution is 0.312. The number of nitrogens with one attached hydrogen (secondary N) is 1. The van der Waals surface area contributed by atoms with Crippen LogP contribution in [0.1, 0.15) is 55.4 Å². The predicted molar refractivity (Wildman–Crippen MR) is 148 cm³/mol. The van der Waals surface area contributed by atoms with Crippen LogP contribution in [0, 0.1) is 11.7 Å². The van der Waals surface area contributed by atoms with Crippen molar-refractivity contribution in [1.82, 2.24) is 5.32 Å². The molecule has 3 aromatic carbocycles. The third-order valence-corrected chi connectivity index (χ3v) is 7.08. The molecule has 0 spiro atoms. The molecule has 4 N–H and O–H groups in total. The van der Waals surface area contributed by atoms with E-state index in [0.29, 0.717) is 35.6 Å². The summed E-state index contributed by atoms with van der Waals surface area (Å²) >= 11 is 0. The first-order chi connectivity index (χ1) is 17.9. The van der Waals surface area contributed by atoms with Crippen LogP contribution in [0.4, 0.5) is 10.1 Å². The van der Waals surface area contributed by atoms with E-state index in [1.54, 1.807) is 6.07 Å². The number of halogens is 1. The fraction of sp³-hybridized carbons (Fsp3) is 0.419. The summed E-state index contributed by atoms with van der Waals surface area (Å²) in [6.07, 6.45) is 5.56. The van der Waals surface area contributed by atoms with Crippen molar-refractivity contribution in [3.05, 3.63) is 70.5 Å². The van der Waals surface area contributed by atoms with Crippen LogP contribution in [0.2, 0.25) is 0 Å². The van der Waals surface area contributed by atoms with Crippen molar-refractivity contribution in [1.29, 1.82) is 0 Å². The van der Waals surface area contributed by atoms with E-state index in [-0.39, 0.29) is 17.2 Å². The maximum absolute atomic E-state index is 15.5. The van der Waals surface area contributed by atoms with Crippen LogP contribution in [0.15, 0.2) is 42.5 Å². The molecule has 0 heterocycles. The minimum absolute atomic E-state index is 0.000579. The van der Waals surface area contributed by atoms with Gasteiger partial charge in [0, 0.05) is 29.7 Å². The van der Waals surface area contributed by atoms with E-state index < -0.39 is 5.82 Å². The van der Waals surface area contributed by atoms with Crippen molar-refractivity contribution in [3.63, 3.8) is 0 Å². The number of nitrogens with two attached hydrogens (primary N) is 1. The maximum Gasteiger partial charge on any atom is 0.188 e. The largest absolute Gasteiger partial charge is 0.507 e. The highest BCUT2D eigenvalue weighted by molar-refractivity contribution is 5.85. The number of aryl methyl sites for hydroxylation is 1. The van der Waals surface area contributed by atoms with Gasteiger partial charge in [0.2, 0.25) is 0 Å². The zero-order valence-corrected chi connectivity index (χ0v) is 22.2. The van der Waals surface area contributed by atoms with Crippen molar-refractivity contribution in [2.24, 2.45) is 5.92 Å². The Hall–Kier alpha value is -3.25. The van der Waals surface area contributed by atoms with E-state index in [9.17, 15) is 5.11 Å². The average Bonchev–Trinajstić information content (AvgIpc) is 2.89. The quantitative estimate of drug-likeness (QED) is 0.211. The molecule has 0 aliphatic heterocycles. The van der Waals surface area contributed by atoms with Crippen LogP contribution in [-0.2, 0) is 19.3 Å². The van der Waals surface area contributed by atoms with E-state index in [2.05, 4.69) is 19.2 Å². The number of phenols is 1. The van der Waals surface area contributed by atoms with E-state index in [1.165, 1.54) is 12.7 Å². The Balaban J connectivity index is 1.54. The van der Waals surface area contributed by atoms with Gasteiger partial charge in [-0.1, -0.05) is 32.0 Å². The molecule has 198 valence electrons. The van der Waals surface area contributed by atoms with Gasteiger partial charge in [-0.05, 0) is 85.5 Å². The Labute approximate surface area is 219 Å². The second-order valence-corrected chi connectivity index (χ2v) is 10.3. The van der Waals surface area contributed by atoms with Gasteiger partial charge in [-0.3, -0.25) is 0 Å². The monoisotopic (exact) mass is 506 g/mol. The molecule has 0 amide bonds. The highest BCUT2D eigenvalue weighted by Gasteiger charge is 2.24. The number of nitrogen functional groups attached to an aromatic ring is 1. The molecule has 3 aromatic rings. The van der Waals surface area contributed by atoms with Crippen LogP contribution >= 0.6 is 0 Å². The van der Waals surface area contributed by atoms with E-state index >= 15 is 4.39 Å². The SMILES string of the molecule is COc1c(Cc2ccc(OCCNCCC(C)C)cc2)cc(-c2c(O)ccc3c2CCCC3)c(N)c1F. The Bertz CT molecular complexity index is 1210. The molecule has 0 saturated carbocycles. The topological polar surface area (TPSA) is 76.7 Å². The number of rotatable bonds is 11. The second kappa shape index (κ2) is 12.3. The zero-order valence-electron chi connectivity index (χ0n) is 22.2. The van der Waals surface area contributed by atoms with Crippen molar-refractivity contribution in [2.75, 3.05) is 32.5 Å². The number of methoxy groups -OCH3 is 1. The Kier molecular flexibility index (Phi) is 8.93. The van der Waals surface area contributed by atoms with Gasteiger partial charge < -0.3 is 25.6 Å². The first-order valence-corrected chi connectivity index (χ1v) is 13.3. The van der Waals surface area contributed by atoms with Gasteiger partial charge in [0.15, 0.2) is 11.6 Å². The highest BCUT2D eigenvalue weighted by atomic mass is 19.1. The van der Waals surface area contributed by atoms with Crippen molar-refractivity contribution in [3.8, 4) is 28.4 Å². The number of fused-ring (bicyclic) bond motifs is 1. The number of hydrogen-bond donors (Lipinski definition) is 3. The van der Waals surface area contributed by atoms with E-state index in [4.69, 9.17) is 15.2 Å². The summed E-state index contributed by atoms with van der Waals surface area (Å²) in [7, 11) is 1.45. The molecule has 6 heteroatoms. The maximum atomic E-state index is 15.5. The summed E-state index contributed by atoms with van der Waals surface area (Å²) in [5.74, 6) is 1.16. The van der Waals surface area contributed by atoms with Gasteiger partial charge in [0.25, 0.3) is 0 Å². The fourth-order valence-electron chi connectivity index (χ4n) is 5.05. The predicted octanol–water partition coefficient (Wildman–Crippen LogP) is 6.27. The van der Waals surface area contributed by atoms with Gasteiger partial charge in [0.1, 0.15) is 18.1 Å². The molecule has 1 aliphatic rings. The summed E-state index contributed by atoms with van der Waals surface area (Å²) in [5, 5.41) is 14.2. The Morgan fingerprint density at radius 1 is 1.05 bits per heavy atom. The molecular weight excluding hydrogens is 467 g/mol. The molecule has 0 saturated heterocycles. The number of anilines is 1. The molecule has 0 unspecified atom stereocenters. The zero-order chi connectivity index (χ0) is 26.4. The summed E-state index contributed by atoms with van der Waals surface area (Å²) in [6.45, 7) is 6.82. The van der Waals surface area contributed by atoms with Crippen LogP contribution in [0.25, 0.3) is 11.1 Å². The summed E-state index contributed by atoms with van der Waals surface area (Å²) < 4.78 is 26.7. The van der Waals surface area contributed by atoms with Crippen LogP contribution in [0.3, 0.4) is 0 Å². The average molecular weight is 507 g/mol. The molecular formula is C31H39FN2O3. The molecule has 0 bridgehead atoms. The summed E-state index contributed by atoms with van der Waals surface area (Å²) in [5.41, 5.74) is 11.4. The molecule has 4 rings (SSSR count). The smallest absolute Gasteiger partial charge is 0.188 e. The summed E-state index contributed by atoms with van der Waals surface area (Å²) in [6, 6.07) is 13.4. The van der Waals surface area contributed by atoms with Gasteiger partial charge in [-0.15, -0.1) is 0 Å². The minimum Gasteiger partial charge on any atom is -0.507 e. The number of benzene rings is 3. The minimum atomic E-state index is -0.590. The Morgan fingerprint density at radius 2 is 1.81 bits per heavy atom. The summed E-state index contributed by atoms with van der Waals surface area (Å²) in [4.78, 5) is 0.